The zero-order valence-corrected chi connectivity index (χ0v) is 16.5. The van der Waals surface area contributed by atoms with Crippen LogP contribution in [0.4, 0.5) is 19.4 Å². The predicted molar refractivity (Wildman–Crippen MR) is 92.7 cm³/mol. The summed E-state index contributed by atoms with van der Waals surface area (Å²) < 4.78 is 69.0. The Labute approximate surface area is 141 Å². The molecule has 2 nitrogen and oxygen atoms in total. The van der Waals surface area contributed by atoms with Gasteiger partial charge in [0.1, 0.15) is 4.90 Å². The number of halogens is 5. The molecular formula is C15H26F5NOSSi. The normalized spacial score (nSPS) is 16.6. The van der Waals surface area contributed by atoms with Gasteiger partial charge < -0.3 is 9.74 Å². The molecule has 9 heteroatoms. The Morgan fingerprint density at radius 3 is 1.92 bits per heavy atom. The highest BCUT2D eigenvalue weighted by molar-refractivity contribution is 8.45. The molecule has 0 spiro atoms. The Kier molecular flexibility index (Phi) is 5.32. The van der Waals surface area contributed by atoms with Gasteiger partial charge in [0.2, 0.25) is 0 Å². The van der Waals surface area contributed by atoms with E-state index >= 15 is 0 Å². The van der Waals surface area contributed by atoms with Gasteiger partial charge in [-0.15, -0.1) is 0 Å². The van der Waals surface area contributed by atoms with Crippen LogP contribution in [0.25, 0.3) is 0 Å². The highest BCUT2D eigenvalue weighted by Crippen LogP contribution is 3.02. The smallest absolute Gasteiger partial charge is 0.310 e. The molecule has 0 saturated carbocycles. The molecule has 0 aromatic heterocycles. The van der Waals surface area contributed by atoms with Crippen LogP contribution in [-0.4, -0.2) is 21.5 Å². The average molecular weight is 392 g/mol. The number of nitrogens with one attached hydrogen (secondary N) is 1. The van der Waals surface area contributed by atoms with Gasteiger partial charge in [0.05, 0.1) is 0 Å². The van der Waals surface area contributed by atoms with Crippen LogP contribution in [0.1, 0.15) is 26.3 Å². The zero-order valence-electron chi connectivity index (χ0n) is 14.6. The van der Waals surface area contributed by atoms with Gasteiger partial charge in [-0.2, -0.15) is 0 Å². The average Bonchev–Trinajstić information content (AvgIpc) is 2.34. The van der Waals surface area contributed by atoms with E-state index in [-0.39, 0.29) is 5.04 Å². The van der Waals surface area contributed by atoms with E-state index in [0.29, 0.717) is 37.4 Å². The Hall–Kier alpha value is -0.643. The molecule has 0 fully saturated rings. The summed E-state index contributed by atoms with van der Waals surface area (Å²) in [5.41, 5.74) is 0.507. The summed E-state index contributed by atoms with van der Waals surface area (Å²) in [6.45, 7) is 12.0. The first kappa shape index (κ1) is 21.4. The van der Waals surface area contributed by atoms with Crippen LogP contribution < -0.4 is 5.32 Å². The fraction of sp³-hybridized carbons (Fsp3) is 0.600. The molecule has 0 bridgehead atoms. The van der Waals surface area contributed by atoms with Gasteiger partial charge in [-0.25, -0.2) is 0 Å². The van der Waals surface area contributed by atoms with Gasteiger partial charge in [0, 0.05) is 19.7 Å². The molecule has 0 aliphatic rings. The second-order valence-corrected chi connectivity index (χ2v) is 14.6. The van der Waals surface area contributed by atoms with Crippen molar-refractivity contribution in [1.82, 2.24) is 5.32 Å². The molecule has 0 atom stereocenters. The van der Waals surface area contributed by atoms with Crippen LogP contribution in [0.3, 0.4) is 0 Å². The van der Waals surface area contributed by atoms with E-state index in [4.69, 9.17) is 4.43 Å². The summed E-state index contributed by atoms with van der Waals surface area (Å²) in [6, 6.07) is 3.00. The summed E-state index contributed by atoms with van der Waals surface area (Å²) >= 11 is 0. The van der Waals surface area contributed by atoms with Crippen LogP contribution in [0.2, 0.25) is 18.1 Å². The summed E-state index contributed by atoms with van der Waals surface area (Å²) in [6.07, 6.45) is 0. The third kappa shape index (κ3) is 6.34. The highest BCUT2D eigenvalue weighted by Gasteiger charge is 2.65. The summed E-state index contributed by atoms with van der Waals surface area (Å²) in [4.78, 5) is -1.86. The molecule has 0 heterocycles. The van der Waals surface area contributed by atoms with Crippen molar-refractivity contribution in [3.8, 4) is 0 Å². The van der Waals surface area contributed by atoms with Gasteiger partial charge in [0.15, 0.2) is 8.32 Å². The minimum atomic E-state index is -9.58. The fourth-order valence-corrected chi connectivity index (χ4v) is 3.39. The minimum absolute atomic E-state index is 0.106. The van der Waals surface area contributed by atoms with Gasteiger partial charge >= 0.3 is 10.2 Å². The van der Waals surface area contributed by atoms with Crippen molar-refractivity contribution in [2.24, 2.45) is 0 Å². The number of hydrogen-bond acceptors (Lipinski definition) is 2. The molecule has 0 radical (unpaired) electrons. The maximum Gasteiger partial charge on any atom is 0.310 e. The molecule has 0 unspecified atom stereocenters. The first-order chi connectivity index (χ1) is 10.4. The second-order valence-electron chi connectivity index (χ2n) is 7.40. The van der Waals surface area contributed by atoms with E-state index in [1.807, 2.05) is 0 Å². The molecule has 1 aromatic rings. The largest absolute Gasteiger partial charge is 0.416 e. The van der Waals surface area contributed by atoms with Crippen LogP contribution in [0, 0.1) is 0 Å². The molecule has 0 aliphatic heterocycles. The lowest BCUT2D eigenvalue weighted by Gasteiger charge is -2.40. The highest BCUT2D eigenvalue weighted by atomic mass is 32.5. The maximum absolute atomic E-state index is 12.6. The van der Waals surface area contributed by atoms with E-state index in [1.54, 1.807) is 0 Å². The molecule has 1 N–H and O–H groups in total. The third-order valence-corrected chi connectivity index (χ3v) is 9.95. The van der Waals surface area contributed by atoms with Crippen molar-refractivity contribution < 1.29 is 23.9 Å². The van der Waals surface area contributed by atoms with Gasteiger partial charge in [-0.1, -0.05) is 52.3 Å². The molecule has 0 aliphatic carbocycles. The lowest BCUT2D eigenvalue weighted by atomic mass is 10.2. The van der Waals surface area contributed by atoms with Crippen LogP contribution >= 0.6 is 10.2 Å². The molecule has 1 aromatic carbocycles. The first-order valence-corrected chi connectivity index (χ1v) is 12.5. The Morgan fingerprint density at radius 1 is 1.00 bits per heavy atom. The van der Waals surface area contributed by atoms with Crippen LogP contribution in [0.5, 0.6) is 0 Å². The van der Waals surface area contributed by atoms with E-state index in [1.165, 1.54) is 0 Å². The molecule has 0 amide bonds. The lowest BCUT2D eigenvalue weighted by Crippen LogP contribution is -2.42. The predicted octanol–water partition coefficient (Wildman–Crippen LogP) is 6.46. The van der Waals surface area contributed by atoms with Crippen molar-refractivity contribution in [3.05, 3.63) is 29.8 Å². The number of benzene rings is 1. The lowest BCUT2D eigenvalue weighted by molar-refractivity contribution is 0.285. The minimum Gasteiger partial charge on any atom is -0.416 e. The summed E-state index contributed by atoms with van der Waals surface area (Å²) in [7, 11) is -11.4. The monoisotopic (exact) mass is 391 g/mol. The standard InChI is InChI=1S/C15H26F5NOSSi/c1-15(2,3)24(4,5)22-11-10-21-12-13-6-8-14(9-7-13)23(16,17,18,19)20/h6-9,21H,10-12H2,1-5H3. The van der Waals surface area contributed by atoms with Crippen molar-refractivity contribution in [3.63, 3.8) is 0 Å². The Balaban J connectivity index is 2.48. The van der Waals surface area contributed by atoms with Crippen LogP contribution in [0.15, 0.2) is 29.2 Å². The third-order valence-electron chi connectivity index (χ3n) is 4.25. The fourth-order valence-electron chi connectivity index (χ4n) is 1.69. The topological polar surface area (TPSA) is 21.3 Å². The van der Waals surface area contributed by atoms with E-state index < -0.39 is 23.4 Å². The van der Waals surface area contributed by atoms with Gasteiger partial charge in [0.25, 0.3) is 0 Å². The molecule has 0 saturated heterocycles. The van der Waals surface area contributed by atoms with Crippen LogP contribution in [-0.2, 0) is 11.0 Å². The van der Waals surface area contributed by atoms with Gasteiger partial charge in [-0.3, -0.25) is 0 Å². The molecule has 142 valence electrons. The van der Waals surface area contributed by atoms with Crippen molar-refractivity contribution in [2.75, 3.05) is 13.2 Å². The molecular weight excluding hydrogens is 365 g/mol. The van der Waals surface area contributed by atoms with E-state index in [2.05, 4.69) is 39.2 Å². The SMILES string of the molecule is CC(C)(C)[Si](C)(C)OCCNCc1ccc(S(F)(F)(F)(F)F)cc1. The summed E-state index contributed by atoms with van der Waals surface area (Å²) in [5, 5.41) is 3.15. The van der Waals surface area contributed by atoms with Gasteiger partial charge in [-0.05, 0) is 35.8 Å². The maximum atomic E-state index is 12.6. The number of rotatable bonds is 7. The first-order valence-electron chi connectivity index (χ1n) is 7.60. The van der Waals surface area contributed by atoms with Crippen molar-refractivity contribution in [2.45, 2.75) is 50.3 Å². The van der Waals surface area contributed by atoms with E-state index in [9.17, 15) is 19.4 Å². The zero-order chi connectivity index (χ0) is 18.9. The Morgan fingerprint density at radius 2 is 1.50 bits per heavy atom. The van der Waals surface area contributed by atoms with Crippen molar-refractivity contribution in [1.29, 1.82) is 0 Å². The Bertz CT molecular complexity index is 566. The summed E-state index contributed by atoms with van der Waals surface area (Å²) in [5.74, 6) is 0. The number of hydrogen-bond donors (Lipinski definition) is 1. The second kappa shape index (κ2) is 5.96. The quantitative estimate of drug-likeness (QED) is 0.327. The van der Waals surface area contributed by atoms with Crippen molar-refractivity contribution >= 4 is 18.5 Å². The van der Waals surface area contributed by atoms with E-state index in [0.717, 1.165) is 12.1 Å². The molecule has 1 rings (SSSR count). The molecule has 24 heavy (non-hydrogen) atoms.